The highest BCUT2D eigenvalue weighted by molar-refractivity contribution is 5.87. The molecule has 8 atom stereocenters. The van der Waals surface area contributed by atoms with Gasteiger partial charge in [0, 0.05) is 11.8 Å². The molecule has 22 heavy (non-hydrogen) atoms. The second kappa shape index (κ2) is 4.67. The maximum Gasteiger partial charge on any atom is 0.139 e. The van der Waals surface area contributed by atoms with Crippen LogP contribution in [-0.4, -0.2) is 28.2 Å². The zero-order valence-corrected chi connectivity index (χ0v) is 13.7. The molecule has 1 unspecified atom stereocenters. The monoisotopic (exact) mass is 304 g/mol. The fourth-order valence-electron chi connectivity index (χ4n) is 6.53. The first-order valence-corrected chi connectivity index (χ1v) is 8.95. The van der Waals surface area contributed by atoms with E-state index < -0.39 is 0 Å². The van der Waals surface area contributed by atoms with Crippen molar-refractivity contribution in [1.82, 2.24) is 0 Å². The summed E-state index contributed by atoms with van der Waals surface area (Å²) in [5, 5.41) is 20.8. The van der Waals surface area contributed by atoms with Crippen LogP contribution in [0.5, 0.6) is 0 Å². The van der Waals surface area contributed by atoms with Crippen molar-refractivity contribution in [3.8, 4) is 0 Å². The molecule has 3 heteroatoms. The highest BCUT2D eigenvalue weighted by Crippen LogP contribution is 2.64. The lowest BCUT2D eigenvalue weighted by atomic mass is 9.45. The number of allylic oxidation sites excluding steroid dienone is 1. The SMILES string of the molecule is C[C@]12C=C[C@@H](O)CC1C[C@H](O)[C@@H]1[C@@H]2CC[C@]2(C)C(=O)CC[C@@H]12. The minimum atomic E-state index is -0.358. The van der Waals surface area contributed by atoms with Crippen LogP contribution in [-0.2, 0) is 4.79 Å². The lowest BCUT2D eigenvalue weighted by Gasteiger charge is -2.59. The standard InChI is InChI=1S/C19H28O3/c1-18-7-5-12(20)9-11(18)10-15(21)17-13-3-4-16(22)19(13,2)8-6-14(17)18/h5,7,11-15,17,20-21H,3-4,6,8-10H2,1-2H3/t11?,12-,13+,14+,15+,17+,18+,19+/m1/s1. The topological polar surface area (TPSA) is 57.5 Å². The van der Waals surface area contributed by atoms with Gasteiger partial charge in [-0.2, -0.15) is 0 Å². The molecule has 0 radical (unpaired) electrons. The van der Waals surface area contributed by atoms with Crippen LogP contribution in [0, 0.1) is 34.5 Å². The zero-order chi connectivity index (χ0) is 15.7. The number of hydrogen-bond acceptors (Lipinski definition) is 3. The molecule has 0 spiro atoms. The Bertz CT molecular complexity index is 527. The third-order valence-corrected chi connectivity index (χ3v) is 7.89. The number of rotatable bonds is 0. The van der Waals surface area contributed by atoms with E-state index in [9.17, 15) is 15.0 Å². The summed E-state index contributed by atoms with van der Waals surface area (Å²) < 4.78 is 0. The molecule has 4 aliphatic rings. The molecule has 4 aliphatic carbocycles. The molecule has 0 saturated heterocycles. The summed E-state index contributed by atoms with van der Waals surface area (Å²) >= 11 is 0. The van der Waals surface area contributed by atoms with Gasteiger partial charge in [-0.3, -0.25) is 4.79 Å². The normalized spacial score (nSPS) is 57.2. The quantitative estimate of drug-likeness (QED) is 0.677. The van der Waals surface area contributed by atoms with Crippen LogP contribution in [0.1, 0.15) is 52.4 Å². The molecular weight excluding hydrogens is 276 g/mol. The number of aliphatic hydroxyl groups excluding tert-OH is 2. The molecule has 0 heterocycles. The lowest BCUT2D eigenvalue weighted by Crippen LogP contribution is -2.57. The van der Waals surface area contributed by atoms with Gasteiger partial charge in [0.1, 0.15) is 5.78 Å². The molecule has 0 aromatic heterocycles. The Balaban J connectivity index is 1.73. The summed E-state index contributed by atoms with van der Waals surface area (Å²) in [5.41, 5.74) is -0.112. The van der Waals surface area contributed by atoms with Crippen LogP contribution in [0.25, 0.3) is 0 Å². The number of aliphatic hydroxyl groups is 2. The number of hydrogen-bond donors (Lipinski definition) is 2. The maximum atomic E-state index is 12.4. The summed E-state index contributed by atoms with van der Waals surface area (Å²) in [4.78, 5) is 12.4. The van der Waals surface area contributed by atoms with Crippen LogP contribution in [0.2, 0.25) is 0 Å². The highest BCUT2D eigenvalue weighted by atomic mass is 16.3. The smallest absolute Gasteiger partial charge is 0.139 e. The first kappa shape index (κ1) is 14.9. The maximum absolute atomic E-state index is 12.4. The van der Waals surface area contributed by atoms with Crippen molar-refractivity contribution in [3.63, 3.8) is 0 Å². The molecular formula is C19H28O3. The number of fused-ring (bicyclic) bond motifs is 5. The Morgan fingerprint density at radius 2 is 1.91 bits per heavy atom. The minimum Gasteiger partial charge on any atom is -0.393 e. The number of ketones is 1. The molecule has 3 fully saturated rings. The molecule has 0 amide bonds. The predicted molar refractivity (Wildman–Crippen MR) is 84.0 cm³/mol. The average Bonchev–Trinajstić information content (AvgIpc) is 2.77. The molecule has 2 N–H and O–H groups in total. The van der Waals surface area contributed by atoms with E-state index in [2.05, 4.69) is 19.9 Å². The van der Waals surface area contributed by atoms with E-state index in [0.29, 0.717) is 30.0 Å². The molecule has 3 saturated carbocycles. The Morgan fingerprint density at radius 3 is 2.68 bits per heavy atom. The van der Waals surface area contributed by atoms with Crippen molar-refractivity contribution < 1.29 is 15.0 Å². The van der Waals surface area contributed by atoms with E-state index in [1.165, 1.54) is 0 Å². The first-order valence-electron chi connectivity index (χ1n) is 8.95. The van der Waals surface area contributed by atoms with Crippen molar-refractivity contribution in [2.45, 2.75) is 64.6 Å². The molecule has 4 rings (SSSR count). The number of carbonyl (C=O) groups excluding carboxylic acids is 1. The van der Waals surface area contributed by atoms with Gasteiger partial charge in [0.25, 0.3) is 0 Å². The first-order chi connectivity index (χ1) is 10.4. The summed E-state index contributed by atoms with van der Waals surface area (Å²) in [6.45, 7) is 4.47. The van der Waals surface area contributed by atoms with Crippen LogP contribution >= 0.6 is 0 Å². The molecule has 0 aromatic rings. The van der Waals surface area contributed by atoms with Gasteiger partial charge in [0.05, 0.1) is 12.2 Å². The fraction of sp³-hybridized carbons (Fsp3) is 0.842. The third kappa shape index (κ3) is 1.78. The fourth-order valence-corrected chi connectivity index (χ4v) is 6.53. The van der Waals surface area contributed by atoms with Gasteiger partial charge in [-0.15, -0.1) is 0 Å². The van der Waals surface area contributed by atoms with Crippen molar-refractivity contribution in [3.05, 3.63) is 12.2 Å². The number of Topliss-reactive ketones (excluding diaryl/α,β-unsaturated/α-hetero) is 1. The second-order valence-corrected chi connectivity index (χ2v) is 8.74. The Hall–Kier alpha value is -0.670. The van der Waals surface area contributed by atoms with Gasteiger partial charge in [-0.05, 0) is 61.2 Å². The summed E-state index contributed by atoms with van der Waals surface area (Å²) in [7, 11) is 0. The highest BCUT2D eigenvalue weighted by Gasteiger charge is 2.61. The Kier molecular flexibility index (Phi) is 3.16. The third-order valence-electron chi connectivity index (χ3n) is 7.89. The van der Waals surface area contributed by atoms with Gasteiger partial charge in [0.15, 0.2) is 0 Å². The minimum absolute atomic E-state index is 0.0795. The van der Waals surface area contributed by atoms with Crippen molar-refractivity contribution in [2.24, 2.45) is 34.5 Å². The number of carbonyl (C=O) groups is 1. The summed E-state index contributed by atoms with van der Waals surface area (Å²) in [5.74, 6) is 1.85. The molecule has 122 valence electrons. The average molecular weight is 304 g/mol. The van der Waals surface area contributed by atoms with Crippen molar-refractivity contribution in [1.29, 1.82) is 0 Å². The van der Waals surface area contributed by atoms with Crippen LogP contribution < -0.4 is 0 Å². The molecule has 0 aromatic carbocycles. The molecule has 0 aliphatic heterocycles. The largest absolute Gasteiger partial charge is 0.393 e. The van der Waals surface area contributed by atoms with E-state index in [1.807, 2.05) is 6.08 Å². The Labute approximate surface area is 132 Å². The van der Waals surface area contributed by atoms with E-state index >= 15 is 0 Å². The summed E-state index contributed by atoms with van der Waals surface area (Å²) in [6.07, 6.45) is 8.74. The zero-order valence-electron chi connectivity index (χ0n) is 13.7. The van der Waals surface area contributed by atoms with E-state index in [0.717, 1.165) is 32.1 Å². The second-order valence-electron chi connectivity index (χ2n) is 8.74. The van der Waals surface area contributed by atoms with Crippen LogP contribution in [0.15, 0.2) is 12.2 Å². The van der Waals surface area contributed by atoms with E-state index in [1.54, 1.807) is 0 Å². The van der Waals surface area contributed by atoms with Gasteiger partial charge < -0.3 is 10.2 Å². The van der Waals surface area contributed by atoms with Crippen LogP contribution in [0.4, 0.5) is 0 Å². The lowest BCUT2D eigenvalue weighted by molar-refractivity contribution is -0.150. The molecule has 0 bridgehead atoms. The Morgan fingerprint density at radius 1 is 1.14 bits per heavy atom. The van der Waals surface area contributed by atoms with E-state index in [-0.39, 0.29) is 29.0 Å². The van der Waals surface area contributed by atoms with E-state index in [4.69, 9.17) is 0 Å². The van der Waals surface area contributed by atoms with Gasteiger partial charge in [0.2, 0.25) is 0 Å². The van der Waals surface area contributed by atoms with Gasteiger partial charge in [-0.1, -0.05) is 26.0 Å². The predicted octanol–water partition coefficient (Wildman–Crippen LogP) is 2.71. The van der Waals surface area contributed by atoms with Crippen molar-refractivity contribution in [2.75, 3.05) is 0 Å². The summed E-state index contributed by atoms with van der Waals surface area (Å²) in [6, 6.07) is 0. The van der Waals surface area contributed by atoms with Gasteiger partial charge >= 0.3 is 0 Å². The van der Waals surface area contributed by atoms with Crippen LogP contribution in [0.3, 0.4) is 0 Å². The van der Waals surface area contributed by atoms with Crippen molar-refractivity contribution >= 4 is 5.78 Å². The van der Waals surface area contributed by atoms with Gasteiger partial charge in [-0.25, -0.2) is 0 Å². The molecule has 3 nitrogen and oxygen atoms in total.